The van der Waals surface area contributed by atoms with E-state index in [9.17, 15) is 9.90 Å². The second-order valence-corrected chi connectivity index (χ2v) is 6.89. The van der Waals surface area contributed by atoms with Gasteiger partial charge in [0.25, 0.3) is 0 Å². The van der Waals surface area contributed by atoms with Gasteiger partial charge >= 0.3 is 5.97 Å². The van der Waals surface area contributed by atoms with Gasteiger partial charge in [0.1, 0.15) is 0 Å². The molecule has 1 heterocycles. The number of thiophene rings is 1. The molecule has 106 valence electrons. The third-order valence-corrected chi connectivity index (χ3v) is 5.28. The van der Waals surface area contributed by atoms with Gasteiger partial charge in [-0.3, -0.25) is 4.79 Å². The fraction of sp³-hybridized carbons (Fsp3) is 0.667. The van der Waals surface area contributed by atoms with Crippen molar-refractivity contribution in [3.8, 4) is 0 Å². The molecule has 0 amide bonds. The lowest BCUT2D eigenvalue weighted by atomic mass is 9.79. The van der Waals surface area contributed by atoms with Crippen molar-refractivity contribution in [3.05, 3.63) is 21.9 Å². The Morgan fingerprint density at radius 1 is 1.47 bits per heavy atom. The lowest BCUT2D eigenvalue weighted by Gasteiger charge is -2.29. The van der Waals surface area contributed by atoms with Gasteiger partial charge in [0, 0.05) is 15.8 Å². The lowest BCUT2D eigenvalue weighted by molar-refractivity contribution is -0.144. The number of hydrogen-bond donors (Lipinski definition) is 2. The number of rotatable bonds is 5. The highest BCUT2D eigenvalue weighted by atomic mass is 32.1. The summed E-state index contributed by atoms with van der Waals surface area (Å²) in [6, 6.07) is 4.61. The molecular formula is C15H23NO2S. The number of carboxylic acids is 1. The molecule has 1 aromatic rings. The van der Waals surface area contributed by atoms with Crippen molar-refractivity contribution in [1.82, 2.24) is 5.32 Å². The molecule has 3 nitrogen and oxygen atoms in total. The van der Waals surface area contributed by atoms with E-state index in [0.717, 1.165) is 25.8 Å². The van der Waals surface area contributed by atoms with E-state index in [-0.39, 0.29) is 11.8 Å². The normalized spacial score (nSPS) is 25.2. The quantitative estimate of drug-likeness (QED) is 0.867. The summed E-state index contributed by atoms with van der Waals surface area (Å²) in [6.45, 7) is 5.08. The molecule has 0 spiro atoms. The van der Waals surface area contributed by atoms with Gasteiger partial charge < -0.3 is 10.4 Å². The number of carboxylic acid groups (broad SMARTS) is 1. The highest BCUT2D eigenvalue weighted by Crippen LogP contribution is 2.30. The average molecular weight is 281 g/mol. The van der Waals surface area contributed by atoms with Crippen LogP contribution in [0.4, 0.5) is 0 Å². The molecule has 2 N–H and O–H groups in total. The van der Waals surface area contributed by atoms with Crippen LogP contribution in [-0.2, 0) is 4.79 Å². The van der Waals surface area contributed by atoms with Crippen molar-refractivity contribution < 1.29 is 9.90 Å². The van der Waals surface area contributed by atoms with Crippen LogP contribution in [0.15, 0.2) is 12.1 Å². The number of carbonyl (C=O) groups is 1. The van der Waals surface area contributed by atoms with E-state index >= 15 is 0 Å². The van der Waals surface area contributed by atoms with Crippen molar-refractivity contribution >= 4 is 17.3 Å². The van der Waals surface area contributed by atoms with Crippen LogP contribution in [0.2, 0.25) is 0 Å². The van der Waals surface area contributed by atoms with E-state index < -0.39 is 5.97 Å². The molecule has 1 saturated carbocycles. The second kappa shape index (κ2) is 6.53. The van der Waals surface area contributed by atoms with Gasteiger partial charge in [0.05, 0.1) is 5.92 Å². The molecule has 0 saturated heterocycles. The fourth-order valence-corrected chi connectivity index (χ4v) is 3.80. The van der Waals surface area contributed by atoms with Crippen LogP contribution in [0, 0.1) is 18.8 Å². The average Bonchev–Trinajstić information content (AvgIpc) is 2.83. The second-order valence-electron chi connectivity index (χ2n) is 5.57. The number of hydrogen-bond acceptors (Lipinski definition) is 3. The zero-order chi connectivity index (χ0) is 13.8. The van der Waals surface area contributed by atoms with Crippen LogP contribution in [0.1, 0.15) is 48.4 Å². The van der Waals surface area contributed by atoms with Gasteiger partial charge in [-0.05, 0) is 51.3 Å². The highest BCUT2D eigenvalue weighted by Gasteiger charge is 2.30. The molecule has 0 radical (unpaired) electrons. The van der Waals surface area contributed by atoms with Crippen molar-refractivity contribution in [3.63, 3.8) is 0 Å². The number of aryl methyl sites for hydroxylation is 1. The molecule has 0 bridgehead atoms. The SMILES string of the molecule is Cc1ccc(C(C)NCC2CCCCC2C(=O)O)s1. The largest absolute Gasteiger partial charge is 0.481 e. The summed E-state index contributed by atoms with van der Waals surface area (Å²) in [7, 11) is 0. The maximum Gasteiger partial charge on any atom is 0.306 e. The molecule has 0 aromatic carbocycles. The Bertz CT molecular complexity index is 430. The summed E-state index contributed by atoms with van der Waals surface area (Å²) in [5, 5.41) is 12.8. The van der Waals surface area contributed by atoms with Crippen molar-refractivity contribution in [1.29, 1.82) is 0 Å². The van der Waals surface area contributed by atoms with Crippen LogP contribution in [0.3, 0.4) is 0 Å². The minimum absolute atomic E-state index is 0.154. The Labute approximate surface area is 119 Å². The molecule has 19 heavy (non-hydrogen) atoms. The maximum atomic E-state index is 11.3. The molecule has 4 heteroatoms. The van der Waals surface area contributed by atoms with Crippen LogP contribution in [-0.4, -0.2) is 17.6 Å². The third kappa shape index (κ3) is 3.80. The fourth-order valence-electron chi connectivity index (χ4n) is 2.89. The molecular weight excluding hydrogens is 258 g/mol. The topological polar surface area (TPSA) is 49.3 Å². The highest BCUT2D eigenvalue weighted by molar-refractivity contribution is 7.12. The van der Waals surface area contributed by atoms with Gasteiger partial charge in [0.2, 0.25) is 0 Å². The van der Waals surface area contributed by atoms with Gasteiger partial charge in [-0.25, -0.2) is 0 Å². The smallest absolute Gasteiger partial charge is 0.306 e. The minimum Gasteiger partial charge on any atom is -0.481 e. The Kier molecular flexibility index (Phi) is 4.99. The Morgan fingerprint density at radius 3 is 2.84 bits per heavy atom. The van der Waals surface area contributed by atoms with E-state index in [1.54, 1.807) is 0 Å². The van der Waals surface area contributed by atoms with E-state index in [1.165, 1.54) is 16.2 Å². The first kappa shape index (κ1) is 14.5. The summed E-state index contributed by atoms with van der Waals surface area (Å²) in [4.78, 5) is 13.9. The zero-order valence-electron chi connectivity index (χ0n) is 11.7. The first-order valence-electron chi connectivity index (χ1n) is 7.10. The van der Waals surface area contributed by atoms with Gasteiger partial charge in [-0.2, -0.15) is 0 Å². The van der Waals surface area contributed by atoms with Crippen molar-refractivity contribution in [2.24, 2.45) is 11.8 Å². The van der Waals surface area contributed by atoms with Crippen LogP contribution in [0.25, 0.3) is 0 Å². The van der Waals surface area contributed by atoms with Crippen molar-refractivity contribution in [2.75, 3.05) is 6.54 Å². The Hall–Kier alpha value is -0.870. The van der Waals surface area contributed by atoms with E-state index in [1.807, 2.05) is 11.3 Å². The van der Waals surface area contributed by atoms with Gasteiger partial charge in [-0.15, -0.1) is 11.3 Å². The molecule has 1 aliphatic carbocycles. The summed E-state index contributed by atoms with van der Waals surface area (Å²) >= 11 is 1.81. The Morgan fingerprint density at radius 2 is 2.21 bits per heavy atom. The van der Waals surface area contributed by atoms with Crippen LogP contribution < -0.4 is 5.32 Å². The molecule has 2 rings (SSSR count). The summed E-state index contributed by atoms with van der Waals surface area (Å²) in [5.41, 5.74) is 0. The third-order valence-electron chi connectivity index (χ3n) is 4.10. The van der Waals surface area contributed by atoms with E-state index in [4.69, 9.17) is 0 Å². The molecule has 1 fully saturated rings. The molecule has 1 aliphatic rings. The predicted molar refractivity (Wildman–Crippen MR) is 78.6 cm³/mol. The standard InChI is InChI=1S/C15H23NO2S/c1-10-7-8-14(19-10)11(2)16-9-12-5-3-4-6-13(12)15(17)18/h7-8,11-13,16H,3-6,9H2,1-2H3,(H,17,18). The summed E-state index contributed by atoms with van der Waals surface area (Å²) < 4.78 is 0. The molecule has 1 aromatic heterocycles. The maximum absolute atomic E-state index is 11.3. The number of aliphatic carboxylic acids is 1. The first-order valence-corrected chi connectivity index (χ1v) is 7.92. The lowest BCUT2D eigenvalue weighted by Crippen LogP contribution is -2.35. The monoisotopic (exact) mass is 281 g/mol. The van der Waals surface area contributed by atoms with Crippen molar-refractivity contribution in [2.45, 2.75) is 45.6 Å². The summed E-state index contributed by atoms with van der Waals surface area (Å²) in [6.07, 6.45) is 4.12. The Balaban J connectivity index is 1.88. The van der Waals surface area contributed by atoms with E-state index in [0.29, 0.717) is 6.04 Å². The first-order chi connectivity index (χ1) is 9.08. The van der Waals surface area contributed by atoms with E-state index in [2.05, 4.69) is 31.3 Å². The number of nitrogens with one attached hydrogen (secondary N) is 1. The molecule has 0 aliphatic heterocycles. The van der Waals surface area contributed by atoms with Crippen LogP contribution >= 0.6 is 11.3 Å². The predicted octanol–water partition coefficient (Wildman–Crippen LogP) is 3.60. The molecule has 3 unspecified atom stereocenters. The minimum atomic E-state index is -0.619. The summed E-state index contributed by atoms with van der Waals surface area (Å²) in [5.74, 6) is -0.487. The zero-order valence-corrected chi connectivity index (χ0v) is 12.5. The van der Waals surface area contributed by atoms with Gasteiger partial charge in [-0.1, -0.05) is 12.8 Å². The molecule has 3 atom stereocenters. The van der Waals surface area contributed by atoms with Crippen LogP contribution in [0.5, 0.6) is 0 Å². The van der Waals surface area contributed by atoms with Gasteiger partial charge in [0.15, 0.2) is 0 Å².